The van der Waals surface area contributed by atoms with Crippen molar-refractivity contribution in [1.29, 1.82) is 0 Å². The highest BCUT2D eigenvalue weighted by molar-refractivity contribution is 7.98. The summed E-state index contributed by atoms with van der Waals surface area (Å²) < 4.78 is 4.43. The Balaban J connectivity index is 1.83. The summed E-state index contributed by atoms with van der Waals surface area (Å²) in [6, 6.07) is 9.73. The first kappa shape index (κ1) is 16.6. The van der Waals surface area contributed by atoms with Crippen molar-refractivity contribution < 1.29 is 0 Å². The Morgan fingerprint density at radius 2 is 2.08 bits per heavy atom. The number of benzene rings is 1. The molecule has 8 heteroatoms. The van der Waals surface area contributed by atoms with Gasteiger partial charge in [-0.1, -0.05) is 48.5 Å². The molecule has 0 saturated carbocycles. The van der Waals surface area contributed by atoms with Gasteiger partial charge in [0.1, 0.15) is 4.70 Å². The fraction of sp³-hybridized carbons (Fsp3) is 0.235. The summed E-state index contributed by atoms with van der Waals surface area (Å²) in [6.45, 7) is 2.68. The van der Waals surface area contributed by atoms with Gasteiger partial charge in [0.15, 0.2) is 5.16 Å². The van der Waals surface area contributed by atoms with E-state index in [1.807, 2.05) is 47.0 Å². The standard InChI is InChI=1S/C17H15ClN4OS2/c1-2-8-21-15(23)14-13(7-9-24-14)22-16(21)19-20-17(22)25-10-11-5-3-4-6-12(11)18/h3-7,9H,2,8,10H2,1H3. The lowest BCUT2D eigenvalue weighted by Crippen LogP contribution is -2.22. The molecule has 0 aliphatic carbocycles. The minimum atomic E-state index is 0.00871. The molecular weight excluding hydrogens is 376 g/mol. The Hall–Kier alpha value is -1.83. The van der Waals surface area contributed by atoms with Crippen molar-refractivity contribution in [1.82, 2.24) is 19.2 Å². The predicted molar refractivity (Wildman–Crippen MR) is 104 cm³/mol. The van der Waals surface area contributed by atoms with Crippen LogP contribution < -0.4 is 5.56 Å². The summed E-state index contributed by atoms with van der Waals surface area (Å²) in [5.41, 5.74) is 1.92. The molecule has 128 valence electrons. The molecule has 0 bridgehead atoms. The lowest BCUT2D eigenvalue weighted by molar-refractivity contribution is 0.663. The zero-order valence-corrected chi connectivity index (χ0v) is 15.9. The Kier molecular flexibility index (Phi) is 4.54. The molecule has 4 rings (SSSR count). The average molecular weight is 391 g/mol. The smallest absolute Gasteiger partial charge is 0.272 e. The van der Waals surface area contributed by atoms with Crippen LogP contribution in [0.25, 0.3) is 16.0 Å². The monoisotopic (exact) mass is 390 g/mol. The van der Waals surface area contributed by atoms with Crippen LogP contribution in [-0.2, 0) is 12.3 Å². The summed E-state index contributed by atoms with van der Waals surface area (Å²) in [4.78, 5) is 12.7. The van der Waals surface area contributed by atoms with Gasteiger partial charge in [-0.2, -0.15) is 0 Å². The molecule has 3 heterocycles. The van der Waals surface area contributed by atoms with E-state index in [1.165, 1.54) is 11.3 Å². The third-order valence-electron chi connectivity index (χ3n) is 3.94. The lowest BCUT2D eigenvalue weighted by atomic mass is 10.2. The van der Waals surface area contributed by atoms with Gasteiger partial charge >= 0.3 is 0 Å². The molecule has 1 aromatic carbocycles. The van der Waals surface area contributed by atoms with Crippen molar-refractivity contribution >= 4 is 50.7 Å². The summed E-state index contributed by atoms with van der Waals surface area (Å²) >= 11 is 9.27. The number of thiophene rings is 1. The number of fused-ring (bicyclic) bond motifs is 3. The first-order valence-corrected chi connectivity index (χ1v) is 10.2. The fourth-order valence-electron chi connectivity index (χ4n) is 2.78. The van der Waals surface area contributed by atoms with E-state index in [-0.39, 0.29) is 5.56 Å². The normalized spacial score (nSPS) is 11.6. The Morgan fingerprint density at radius 1 is 1.24 bits per heavy atom. The zero-order chi connectivity index (χ0) is 17.4. The highest BCUT2D eigenvalue weighted by Crippen LogP contribution is 2.28. The van der Waals surface area contributed by atoms with Crippen molar-refractivity contribution in [2.75, 3.05) is 0 Å². The van der Waals surface area contributed by atoms with E-state index in [0.29, 0.717) is 18.1 Å². The molecular formula is C17H15ClN4OS2. The molecule has 4 aromatic rings. The summed E-state index contributed by atoms with van der Waals surface area (Å²) in [5.74, 6) is 1.29. The molecule has 0 aliphatic heterocycles. The number of halogens is 1. The Labute approximate surface area is 157 Å². The number of thioether (sulfide) groups is 1. The van der Waals surface area contributed by atoms with Crippen molar-refractivity contribution in [3.63, 3.8) is 0 Å². The Bertz CT molecular complexity index is 1110. The van der Waals surface area contributed by atoms with E-state index in [9.17, 15) is 4.79 Å². The van der Waals surface area contributed by atoms with Gasteiger partial charge in [-0.25, -0.2) is 0 Å². The highest BCUT2D eigenvalue weighted by Gasteiger charge is 2.17. The number of hydrogen-bond donors (Lipinski definition) is 0. The van der Waals surface area contributed by atoms with Crippen LogP contribution in [0.1, 0.15) is 18.9 Å². The molecule has 0 N–H and O–H groups in total. The van der Waals surface area contributed by atoms with Gasteiger partial charge in [0.25, 0.3) is 5.56 Å². The molecule has 3 aromatic heterocycles. The third-order valence-corrected chi connectivity index (χ3v) is 6.18. The molecule has 0 unspecified atom stereocenters. The second-order valence-corrected chi connectivity index (χ2v) is 7.86. The second kappa shape index (κ2) is 6.82. The van der Waals surface area contributed by atoms with Gasteiger partial charge in [-0.05, 0) is 29.5 Å². The van der Waals surface area contributed by atoms with Gasteiger partial charge in [-0.3, -0.25) is 13.8 Å². The van der Waals surface area contributed by atoms with Crippen LogP contribution in [0.5, 0.6) is 0 Å². The fourth-order valence-corrected chi connectivity index (χ4v) is 4.83. The molecule has 0 radical (unpaired) electrons. The largest absolute Gasteiger partial charge is 0.276 e. The molecule has 0 amide bonds. The predicted octanol–water partition coefficient (Wildman–Crippen LogP) is 4.46. The van der Waals surface area contributed by atoms with E-state index in [1.54, 1.807) is 16.3 Å². The van der Waals surface area contributed by atoms with Gasteiger partial charge in [-0.15, -0.1) is 21.5 Å². The average Bonchev–Trinajstić information content (AvgIpc) is 3.24. The minimum absolute atomic E-state index is 0.00871. The van der Waals surface area contributed by atoms with Gasteiger partial charge < -0.3 is 0 Å². The van der Waals surface area contributed by atoms with E-state index in [2.05, 4.69) is 10.2 Å². The van der Waals surface area contributed by atoms with Crippen LogP contribution in [-0.4, -0.2) is 19.2 Å². The number of hydrogen-bond acceptors (Lipinski definition) is 5. The quantitative estimate of drug-likeness (QED) is 0.472. The maximum Gasteiger partial charge on any atom is 0.272 e. The maximum absolute atomic E-state index is 12.7. The number of aromatic nitrogens is 4. The molecule has 0 atom stereocenters. The van der Waals surface area contributed by atoms with E-state index < -0.39 is 0 Å². The van der Waals surface area contributed by atoms with E-state index in [0.717, 1.165) is 32.4 Å². The minimum Gasteiger partial charge on any atom is -0.276 e. The number of nitrogens with zero attached hydrogens (tertiary/aromatic N) is 4. The van der Waals surface area contributed by atoms with E-state index in [4.69, 9.17) is 11.6 Å². The molecule has 25 heavy (non-hydrogen) atoms. The molecule has 0 spiro atoms. The molecule has 0 fully saturated rings. The summed E-state index contributed by atoms with van der Waals surface area (Å²) in [6.07, 6.45) is 0.863. The topological polar surface area (TPSA) is 52.2 Å². The Morgan fingerprint density at radius 3 is 2.88 bits per heavy atom. The van der Waals surface area contributed by atoms with Gasteiger partial charge in [0.2, 0.25) is 5.78 Å². The third kappa shape index (κ3) is 2.86. The number of aryl methyl sites for hydroxylation is 1. The molecule has 5 nitrogen and oxygen atoms in total. The summed E-state index contributed by atoms with van der Waals surface area (Å²) in [7, 11) is 0. The van der Waals surface area contributed by atoms with Crippen molar-refractivity contribution in [2.45, 2.75) is 30.8 Å². The van der Waals surface area contributed by atoms with Gasteiger partial charge in [0, 0.05) is 17.3 Å². The highest BCUT2D eigenvalue weighted by atomic mass is 35.5. The summed E-state index contributed by atoms with van der Waals surface area (Å²) in [5, 5.41) is 12.1. The first-order valence-electron chi connectivity index (χ1n) is 7.92. The second-order valence-electron chi connectivity index (χ2n) is 5.59. The van der Waals surface area contributed by atoms with Crippen LogP contribution in [0.4, 0.5) is 0 Å². The lowest BCUT2D eigenvalue weighted by Gasteiger charge is -2.08. The SMILES string of the molecule is CCCn1c(=O)c2sccc2n2c(SCc3ccccc3Cl)nnc12. The van der Waals surface area contributed by atoms with Crippen LogP contribution in [0.3, 0.4) is 0 Å². The van der Waals surface area contributed by atoms with Crippen molar-refractivity contribution in [3.8, 4) is 0 Å². The molecule has 0 aliphatic rings. The van der Waals surface area contributed by atoms with Gasteiger partial charge in [0.05, 0.1) is 5.52 Å². The number of rotatable bonds is 5. The van der Waals surface area contributed by atoms with Crippen LogP contribution in [0, 0.1) is 0 Å². The van der Waals surface area contributed by atoms with Crippen LogP contribution >= 0.6 is 34.7 Å². The van der Waals surface area contributed by atoms with E-state index >= 15 is 0 Å². The van der Waals surface area contributed by atoms with Crippen molar-refractivity contribution in [2.24, 2.45) is 0 Å². The van der Waals surface area contributed by atoms with Crippen molar-refractivity contribution in [3.05, 3.63) is 56.7 Å². The maximum atomic E-state index is 12.7. The molecule has 0 saturated heterocycles. The first-order chi connectivity index (χ1) is 12.2. The van der Waals surface area contributed by atoms with Crippen LogP contribution in [0.2, 0.25) is 5.02 Å². The zero-order valence-electron chi connectivity index (χ0n) is 13.5. The van der Waals surface area contributed by atoms with Crippen LogP contribution in [0.15, 0.2) is 45.7 Å².